The third-order valence-corrected chi connectivity index (χ3v) is 6.54. The summed E-state index contributed by atoms with van der Waals surface area (Å²) in [6.07, 6.45) is 10.3. The maximum atomic E-state index is 12.4. The minimum absolute atomic E-state index is 0.119. The third kappa shape index (κ3) is 4.61. The minimum Gasteiger partial charge on any atom is -0.316 e. The quantitative estimate of drug-likeness (QED) is 0.659. The largest absolute Gasteiger partial charge is 0.316 e. The first-order valence-electron chi connectivity index (χ1n) is 8.66. The van der Waals surface area contributed by atoms with Crippen molar-refractivity contribution >= 4 is 34.0 Å². The Bertz CT molecular complexity index is 663. The van der Waals surface area contributed by atoms with Crippen molar-refractivity contribution in [1.82, 2.24) is 4.98 Å². The molecule has 3 nitrogen and oxygen atoms in total. The van der Waals surface area contributed by atoms with Gasteiger partial charge in [0.25, 0.3) is 0 Å². The number of benzene rings is 1. The Kier molecular flexibility index (Phi) is 6.32. The van der Waals surface area contributed by atoms with Crippen LogP contribution in [0.4, 0.5) is 5.00 Å². The molecule has 1 aromatic heterocycles. The number of thioether (sulfide) groups is 1. The number of hydrogen-bond acceptors (Lipinski definition) is 4. The normalized spacial score (nSPS) is 15.4. The van der Waals surface area contributed by atoms with Gasteiger partial charge in [-0.3, -0.25) is 4.79 Å². The highest BCUT2D eigenvalue weighted by Gasteiger charge is 2.18. The topological polar surface area (TPSA) is 42.0 Å². The van der Waals surface area contributed by atoms with Gasteiger partial charge >= 0.3 is 0 Å². The van der Waals surface area contributed by atoms with Crippen molar-refractivity contribution < 1.29 is 4.79 Å². The van der Waals surface area contributed by atoms with Crippen LogP contribution < -0.4 is 5.32 Å². The van der Waals surface area contributed by atoms with Crippen LogP contribution in [0.5, 0.6) is 0 Å². The van der Waals surface area contributed by atoms with E-state index < -0.39 is 0 Å². The third-order valence-electron chi connectivity index (χ3n) is 4.59. The highest BCUT2D eigenvalue weighted by molar-refractivity contribution is 8.00. The molecule has 0 aliphatic heterocycles. The zero-order chi connectivity index (χ0) is 16.8. The molecule has 24 heavy (non-hydrogen) atoms. The van der Waals surface area contributed by atoms with Crippen LogP contribution in [0, 0.1) is 5.92 Å². The van der Waals surface area contributed by atoms with E-state index in [0.29, 0.717) is 6.42 Å². The summed E-state index contributed by atoms with van der Waals surface area (Å²) in [6.45, 7) is 0. The molecule has 5 heteroatoms. The van der Waals surface area contributed by atoms with Gasteiger partial charge in [-0.1, -0.05) is 85.5 Å². The number of carbonyl (C=O) groups excluding carboxylic acids is 1. The second-order valence-electron chi connectivity index (χ2n) is 6.32. The number of amides is 1. The summed E-state index contributed by atoms with van der Waals surface area (Å²) in [5.74, 6) is 0.857. The molecule has 0 radical (unpaired) electrons. The Hall–Kier alpha value is -1.33. The van der Waals surface area contributed by atoms with E-state index in [4.69, 9.17) is 0 Å². The molecule has 1 aliphatic rings. The van der Waals surface area contributed by atoms with E-state index in [-0.39, 0.29) is 5.91 Å². The monoisotopic (exact) mass is 360 g/mol. The van der Waals surface area contributed by atoms with Gasteiger partial charge in [0, 0.05) is 12.0 Å². The molecule has 1 aliphatic carbocycles. The molecule has 0 unspecified atom stereocenters. The van der Waals surface area contributed by atoms with Gasteiger partial charge in [-0.2, -0.15) is 0 Å². The average Bonchev–Trinajstić information content (AvgIpc) is 3.04. The summed E-state index contributed by atoms with van der Waals surface area (Å²) < 4.78 is 0.983. The van der Waals surface area contributed by atoms with E-state index in [9.17, 15) is 4.79 Å². The Morgan fingerprint density at radius 2 is 2.00 bits per heavy atom. The number of rotatable bonds is 6. The molecule has 128 valence electrons. The molecule has 2 aromatic rings. The fourth-order valence-electron chi connectivity index (χ4n) is 3.26. The molecule has 1 aromatic carbocycles. The molecule has 0 saturated heterocycles. The zero-order valence-electron chi connectivity index (χ0n) is 14.1. The Morgan fingerprint density at radius 1 is 1.25 bits per heavy atom. The van der Waals surface area contributed by atoms with Crippen molar-refractivity contribution in [3.05, 3.63) is 30.3 Å². The van der Waals surface area contributed by atoms with Crippen molar-refractivity contribution in [2.75, 3.05) is 11.6 Å². The molecule has 1 N–H and O–H groups in total. The maximum Gasteiger partial charge on any atom is 0.225 e. The first-order valence-corrected chi connectivity index (χ1v) is 10.7. The van der Waals surface area contributed by atoms with Gasteiger partial charge < -0.3 is 5.32 Å². The van der Waals surface area contributed by atoms with E-state index in [0.717, 1.165) is 32.9 Å². The van der Waals surface area contributed by atoms with Gasteiger partial charge in [0.2, 0.25) is 5.91 Å². The SMILES string of the molecule is CSc1nc(-c2ccccc2)c(NC(=O)CCC2CCCCC2)s1. The molecule has 0 atom stereocenters. The first-order chi connectivity index (χ1) is 11.8. The lowest BCUT2D eigenvalue weighted by molar-refractivity contribution is -0.116. The summed E-state index contributed by atoms with van der Waals surface area (Å²) in [6, 6.07) is 10.1. The number of thiazole rings is 1. The van der Waals surface area contributed by atoms with Gasteiger partial charge in [0.05, 0.1) is 0 Å². The molecule has 1 amide bonds. The van der Waals surface area contributed by atoms with Crippen LogP contribution >= 0.6 is 23.1 Å². The van der Waals surface area contributed by atoms with E-state index in [2.05, 4.69) is 10.3 Å². The molecular weight excluding hydrogens is 336 g/mol. The summed E-state index contributed by atoms with van der Waals surface area (Å²) in [4.78, 5) is 17.1. The predicted molar refractivity (Wildman–Crippen MR) is 104 cm³/mol. The van der Waals surface area contributed by atoms with Gasteiger partial charge in [-0.05, 0) is 18.6 Å². The molecule has 3 rings (SSSR count). The lowest BCUT2D eigenvalue weighted by atomic mass is 9.86. The lowest BCUT2D eigenvalue weighted by Crippen LogP contribution is -2.14. The molecular formula is C19H24N2OS2. The lowest BCUT2D eigenvalue weighted by Gasteiger charge is -2.20. The highest BCUT2D eigenvalue weighted by Crippen LogP contribution is 2.37. The summed E-state index contributed by atoms with van der Waals surface area (Å²) >= 11 is 3.18. The number of aromatic nitrogens is 1. The predicted octanol–water partition coefficient (Wildman–Crippen LogP) is 5.83. The van der Waals surface area contributed by atoms with Crippen molar-refractivity contribution in [2.45, 2.75) is 49.3 Å². The van der Waals surface area contributed by atoms with Gasteiger partial charge in [-0.15, -0.1) is 0 Å². The van der Waals surface area contributed by atoms with Crippen LogP contribution in [0.3, 0.4) is 0 Å². The number of nitrogens with one attached hydrogen (secondary N) is 1. The molecule has 0 spiro atoms. The van der Waals surface area contributed by atoms with Crippen LogP contribution in [-0.4, -0.2) is 17.1 Å². The molecule has 0 bridgehead atoms. The highest BCUT2D eigenvalue weighted by atomic mass is 32.2. The van der Waals surface area contributed by atoms with Crippen molar-refractivity contribution in [1.29, 1.82) is 0 Å². The maximum absolute atomic E-state index is 12.4. The van der Waals surface area contributed by atoms with Crippen molar-refractivity contribution in [3.8, 4) is 11.3 Å². The van der Waals surface area contributed by atoms with Crippen LogP contribution in [0.15, 0.2) is 34.7 Å². The fourth-order valence-corrected chi connectivity index (χ4v) is 4.77. The fraction of sp³-hybridized carbons (Fsp3) is 0.474. The number of hydrogen-bond donors (Lipinski definition) is 1. The Labute approximate surface area is 152 Å². The van der Waals surface area contributed by atoms with Gasteiger partial charge in [-0.25, -0.2) is 4.98 Å². The molecule has 1 saturated carbocycles. The average molecular weight is 361 g/mol. The summed E-state index contributed by atoms with van der Waals surface area (Å²) in [5.41, 5.74) is 1.94. The van der Waals surface area contributed by atoms with Crippen LogP contribution in [0.2, 0.25) is 0 Å². The second kappa shape index (κ2) is 8.67. The van der Waals surface area contributed by atoms with Gasteiger partial charge in [0.15, 0.2) is 4.34 Å². The Morgan fingerprint density at radius 3 is 2.71 bits per heavy atom. The van der Waals surface area contributed by atoms with Crippen LogP contribution in [0.25, 0.3) is 11.3 Å². The standard InChI is InChI=1S/C19H24N2OS2/c1-23-19-21-17(15-10-6-3-7-11-15)18(24-19)20-16(22)13-12-14-8-4-2-5-9-14/h3,6-7,10-11,14H,2,4-5,8-9,12-13H2,1H3,(H,20,22). The minimum atomic E-state index is 0.119. The van der Waals surface area contributed by atoms with E-state index >= 15 is 0 Å². The van der Waals surface area contributed by atoms with Crippen molar-refractivity contribution in [2.24, 2.45) is 5.92 Å². The molecule has 1 fully saturated rings. The Balaban J connectivity index is 1.65. The van der Waals surface area contributed by atoms with Crippen LogP contribution in [0.1, 0.15) is 44.9 Å². The van der Waals surface area contributed by atoms with Crippen molar-refractivity contribution in [3.63, 3.8) is 0 Å². The summed E-state index contributed by atoms with van der Waals surface area (Å²) in [5, 5.41) is 3.98. The number of anilines is 1. The van der Waals surface area contributed by atoms with E-state index in [1.165, 1.54) is 32.1 Å². The summed E-state index contributed by atoms with van der Waals surface area (Å²) in [7, 11) is 0. The number of carbonyl (C=O) groups is 1. The first kappa shape index (κ1) is 17.5. The second-order valence-corrected chi connectivity index (χ2v) is 8.37. The number of nitrogens with zero attached hydrogens (tertiary/aromatic N) is 1. The smallest absolute Gasteiger partial charge is 0.225 e. The molecule has 1 heterocycles. The van der Waals surface area contributed by atoms with Crippen LogP contribution in [-0.2, 0) is 4.79 Å². The van der Waals surface area contributed by atoms with E-state index in [1.54, 1.807) is 23.1 Å². The van der Waals surface area contributed by atoms with E-state index in [1.807, 2.05) is 36.6 Å². The zero-order valence-corrected chi connectivity index (χ0v) is 15.7. The van der Waals surface area contributed by atoms with Gasteiger partial charge in [0.1, 0.15) is 10.7 Å².